The first-order valence-electron chi connectivity index (χ1n) is 10.5. The van der Waals surface area contributed by atoms with Gasteiger partial charge in [0.05, 0.1) is 22.5 Å². The fourth-order valence-electron chi connectivity index (χ4n) is 4.17. The molecule has 4 aromatic rings. The van der Waals surface area contributed by atoms with Gasteiger partial charge in [0.2, 0.25) is 11.0 Å². The molecule has 1 aliphatic rings. The summed E-state index contributed by atoms with van der Waals surface area (Å²) >= 11 is 1.58. The van der Waals surface area contributed by atoms with Crippen molar-refractivity contribution in [3.63, 3.8) is 0 Å². The number of para-hydroxylation sites is 1. The zero-order valence-electron chi connectivity index (χ0n) is 17.8. The number of aromatic nitrogens is 3. The van der Waals surface area contributed by atoms with E-state index in [1.807, 2.05) is 31.2 Å². The van der Waals surface area contributed by atoms with Crippen LogP contribution in [-0.4, -0.2) is 27.3 Å². The van der Waals surface area contributed by atoms with E-state index in [4.69, 9.17) is 14.8 Å². The van der Waals surface area contributed by atoms with Gasteiger partial charge in [0, 0.05) is 23.5 Å². The molecule has 0 saturated carbocycles. The highest BCUT2D eigenvalue weighted by atomic mass is 32.1. The van der Waals surface area contributed by atoms with Gasteiger partial charge in [-0.2, -0.15) is 9.78 Å². The molecule has 1 amide bonds. The third-order valence-electron chi connectivity index (χ3n) is 5.57. The Morgan fingerprint density at radius 2 is 2.06 bits per heavy atom. The maximum Gasteiger partial charge on any atom is 0.226 e. The van der Waals surface area contributed by atoms with Gasteiger partial charge in [0.25, 0.3) is 0 Å². The number of carbonyl (C=O) groups excluding carboxylic acids is 1. The molecule has 0 bridgehead atoms. The molecular weight excluding hydrogens is 408 g/mol. The van der Waals surface area contributed by atoms with Crippen LogP contribution in [0, 0.1) is 13.8 Å². The van der Waals surface area contributed by atoms with Crippen LogP contribution in [0.15, 0.2) is 42.5 Å². The van der Waals surface area contributed by atoms with Crippen LogP contribution >= 0.6 is 11.3 Å². The summed E-state index contributed by atoms with van der Waals surface area (Å²) in [6.07, 6.45) is 1.30. The Morgan fingerprint density at radius 1 is 1.23 bits per heavy atom. The van der Waals surface area contributed by atoms with E-state index >= 15 is 0 Å². The molecule has 0 unspecified atom stereocenters. The molecule has 0 aliphatic carbocycles. The van der Waals surface area contributed by atoms with Crippen molar-refractivity contribution in [2.45, 2.75) is 39.5 Å². The van der Waals surface area contributed by atoms with Crippen LogP contribution in [0.3, 0.4) is 0 Å². The lowest BCUT2D eigenvalue weighted by molar-refractivity contribution is -0.116. The van der Waals surface area contributed by atoms with E-state index in [9.17, 15) is 4.79 Å². The first kappa shape index (κ1) is 19.8. The molecule has 1 aliphatic heterocycles. The molecule has 0 spiro atoms. The number of carbonyl (C=O) groups is 1. The van der Waals surface area contributed by atoms with Crippen LogP contribution < -0.4 is 10.1 Å². The minimum absolute atomic E-state index is 0.0269. The van der Waals surface area contributed by atoms with Crippen LogP contribution in [-0.2, 0) is 4.79 Å². The maximum absolute atomic E-state index is 12.7. The summed E-state index contributed by atoms with van der Waals surface area (Å²) in [5.41, 5.74) is 5.07. The predicted molar refractivity (Wildman–Crippen MR) is 124 cm³/mol. The van der Waals surface area contributed by atoms with Crippen molar-refractivity contribution in [3.05, 3.63) is 64.8 Å². The number of hydrogen-bond acceptors (Lipinski definition) is 5. The lowest BCUT2D eigenvalue weighted by Crippen LogP contribution is -2.25. The van der Waals surface area contributed by atoms with Gasteiger partial charge in [-0.15, -0.1) is 0 Å². The molecule has 158 valence electrons. The SMILES string of the molecule is CCCOc1ccccc1[C@@H]1CC(=O)Nc2c1c(C)nn2-c1nc2ccc(C)cc2s1. The molecule has 1 N–H and O–H groups in total. The van der Waals surface area contributed by atoms with Gasteiger partial charge in [0.15, 0.2) is 0 Å². The lowest BCUT2D eigenvalue weighted by Gasteiger charge is -2.25. The quantitative estimate of drug-likeness (QED) is 0.461. The van der Waals surface area contributed by atoms with E-state index in [2.05, 4.69) is 37.4 Å². The van der Waals surface area contributed by atoms with E-state index in [0.717, 1.165) is 44.3 Å². The van der Waals surface area contributed by atoms with Crippen LogP contribution in [0.1, 0.15) is 48.1 Å². The zero-order chi connectivity index (χ0) is 21.5. The molecular formula is C24H24N4O2S. The zero-order valence-corrected chi connectivity index (χ0v) is 18.6. The van der Waals surface area contributed by atoms with Gasteiger partial charge >= 0.3 is 0 Å². The number of anilines is 1. The number of amides is 1. The van der Waals surface area contributed by atoms with Gasteiger partial charge in [-0.3, -0.25) is 4.79 Å². The second-order valence-corrected chi connectivity index (χ2v) is 8.93. The number of aryl methyl sites for hydroxylation is 2. The molecule has 7 heteroatoms. The van der Waals surface area contributed by atoms with E-state index in [1.54, 1.807) is 16.0 Å². The number of thiazole rings is 1. The smallest absolute Gasteiger partial charge is 0.226 e. The number of hydrogen-bond donors (Lipinski definition) is 1. The Balaban J connectivity index is 1.63. The van der Waals surface area contributed by atoms with E-state index in [-0.39, 0.29) is 11.8 Å². The predicted octanol–water partition coefficient (Wildman–Crippen LogP) is 5.36. The van der Waals surface area contributed by atoms with Crippen molar-refractivity contribution in [2.24, 2.45) is 0 Å². The van der Waals surface area contributed by atoms with Crippen LogP contribution in [0.2, 0.25) is 0 Å². The number of benzene rings is 2. The van der Waals surface area contributed by atoms with Crippen molar-refractivity contribution in [1.29, 1.82) is 0 Å². The normalized spacial score (nSPS) is 15.7. The van der Waals surface area contributed by atoms with Gasteiger partial charge in [-0.05, 0) is 44.0 Å². The minimum atomic E-state index is -0.109. The highest BCUT2D eigenvalue weighted by Gasteiger charge is 2.34. The first-order chi connectivity index (χ1) is 15.0. The Morgan fingerprint density at radius 3 is 2.90 bits per heavy atom. The lowest BCUT2D eigenvalue weighted by atomic mass is 9.85. The molecule has 1 atom stereocenters. The molecule has 3 heterocycles. The summed E-state index contributed by atoms with van der Waals surface area (Å²) in [4.78, 5) is 17.5. The van der Waals surface area contributed by atoms with Crippen molar-refractivity contribution in [2.75, 3.05) is 11.9 Å². The Bertz CT molecular complexity index is 1290. The fourth-order valence-corrected chi connectivity index (χ4v) is 5.20. The van der Waals surface area contributed by atoms with Crippen molar-refractivity contribution < 1.29 is 9.53 Å². The average Bonchev–Trinajstić information content (AvgIpc) is 3.32. The Kier molecular flexibility index (Phi) is 4.98. The van der Waals surface area contributed by atoms with Crippen molar-refractivity contribution in [3.8, 4) is 10.9 Å². The Hall–Kier alpha value is -3.19. The number of rotatable bonds is 5. The number of nitrogens with zero attached hydrogens (tertiary/aromatic N) is 3. The summed E-state index contributed by atoms with van der Waals surface area (Å²) in [6.45, 7) is 6.79. The minimum Gasteiger partial charge on any atom is -0.493 e. The van der Waals surface area contributed by atoms with Gasteiger partial charge in [0.1, 0.15) is 11.6 Å². The van der Waals surface area contributed by atoms with Gasteiger partial charge < -0.3 is 10.1 Å². The Labute approximate surface area is 184 Å². The highest BCUT2D eigenvalue weighted by Crippen LogP contribution is 2.43. The summed E-state index contributed by atoms with van der Waals surface area (Å²) in [7, 11) is 0. The second kappa shape index (κ2) is 7.81. The fraction of sp³-hybridized carbons (Fsp3) is 0.292. The molecule has 6 nitrogen and oxygen atoms in total. The number of ether oxygens (including phenoxy) is 1. The van der Waals surface area contributed by atoms with E-state index < -0.39 is 0 Å². The summed E-state index contributed by atoms with van der Waals surface area (Å²) in [5, 5.41) is 8.60. The summed E-state index contributed by atoms with van der Waals surface area (Å²) in [5.74, 6) is 1.40. The third kappa shape index (κ3) is 3.49. The second-order valence-electron chi connectivity index (χ2n) is 7.92. The molecule has 2 aromatic carbocycles. The third-order valence-corrected chi connectivity index (χ3v) is 6.57. The monoisotopic (exact) mass is 432 g/mol. The average molecular weight is 433 g/mol. The molecule has 2 aromatic heterocycles. The molecule has 0 fully saturated rings. The molecule has 0 radical (unpaired) electrons. The van der Waals surface area contributed by atoms with E-state index in [1.165, 1.54) is 5.56 Å². The van der Waals surface area contributed by atoms with Gasteiger partial charge in [-0.25, -0.2) is 4.98 Å². The van der Waals surface area contributed by atoms with Crippen LogP contribution in [0.5, 0.6) is 5.75 Å². The molecule has 31 heavy (non-hydrogen) atoms. The topological polar surface area (TPSA) is 69.0 Å². The van der Waals surface area contributed by atoms with Crippen molar-refractivity contribution >= 4 is 33.3 Å². The largest absolute Gasteiger partial charge is 0.493 e. The summed E-state index contributed by atoms with van der Waals surface area (Å²) in [6, 6.07) is 14.2. The standard InChI is InChI=1S/C24H24N4O2S/c1-4-11-30-19-8-6-5-7-16(19)17-13-21(29)26-23-22(17)15(3)27-28(23)24-25-18-10-9-14(2)12-20(18)31-24/h5-10,12,17H,4,11,13H2,1-3H3,(H,26,29)/t17-/m0/s1. The summed E-state index contributed by atoms with van der Waals surface area (Å²) < 4.78 is 8.89. The number of fused-ring (bicyclic) bond motifs is 2. The molecule has 5 rings (SSSR count). The highest BCUT2D eigenvalue weighted by molar-refractivity contribution is 7.20. The molecule has 0 saturated heterocycles. The van der Waals surface area contributed by atoms with Crippen molar-refractivity contribution in [1.82, 2.24) is 14.8 Å². The first-order valence-corrected chi connectivity index (χ1v) is 11.4. The van der Waals surface area contributed by atoms with Crippen LogP contribution in [0.25, 0.3) is 15.3 Å². The number of nitrogens with one attached hydrogen (secondary N) is 1. The maximum atomic E-state index is 12.7. The van der Waals surface area contributed by atoms with Crippen LogP contribution in [0.4, 0.5) is 5.82 Å². The van der Waals surface area contributed by atoms with Gasteiger partial charge in [-0.1, -0.05) is 42.5 Å². The van der Waals surface area contributed by atoms with E-state index in [0.29, 0.717) is 18.8 Å².